The Balaban J connectivity index is 2.92. The summed E-state index contributed by atoms with van der Waals surface area (Å²) >= 11 is 3.05. The third-order valence-electron chi connectivity index (χ3n) is 1.40. The minimum absolute atomic E-state index is 0.298. The minimum atomic E-state index is -0.757. The maximum atomic E-state index is 13.3. The van der Waals surface area contributed by atoms with Crippen LogP contribution in [-0.2, 0) is 4.74 Å². The Bertz CT molecular complexity index is 387. The van der Waals surface area contributed by atoms with Crippen molar-refractivity contribution in [1.29, 1.82) is 0 Å². The van der Waals surface area contributed by atoms with E-state index in [0.717, 1.165) is 0 Å². The fourth-order valence-electron chi connectivity index (χ4n) is 0.891. The first-order chi connectivity index (χ1) is 6.79. The maximum absolute atomic E-state index is 13.3. The standard InChI is InChI=1S/C10H11BrFNO2/c1-10(2,3)15-9(14)8-7(12)4-6(11)5-13-8/h4-5H,1-3H3. The van der Waals surface area contributed by atoms with Gasteiger partial charge < -0.3 is 4.74 Å². The highest BCUT2D eigenvalue weighted by Gasteiger charge is 2.21. The number of halogens is 2. The molecular weight excluding hydrogens is 265 g/mol. The van der Waals surface area contributed by atoms with Crippen molar-refractivity contribution < 1.29 is 13.9 Å². The van der Waals surface area contributed by atoms with Gasteiger partial charge in [0.05, 0.1) is 0 Å². The molecule has 3 nitrogen and oxygen atoms in total. The average molecular weight is 276 g/mol. The van der Waals surface area contributed by atoms with Crippen LogP contribution in [0.3, 0.4) is 0 Å². The first-order valence-electron chi connectivity index (χ1n) is 4.34. The Hall–Kier alpha value is -0.970. The summed E-state index contributed by atoms with van der Waals surface area (Å²) in [6.07, 6.45) is 1.35. The highest BCUT2D eigenvalue weighted by Crippen LogP contribution is 2.16. The largest absolute Gasteiger partial charge is 0.455 e. The van der Waals surface area contributed by atoms with E-state index in [1.165, 1.54) is 12.3 Å². The zero-order valence-electron chi connectivity index (χ0n) is 8.67. The Morgan fingerprint density at radius 2 is 2.13 bits per heavy atom. The van der Waals surface area contributed by atoms with E-state index in [9.17, 15) is 9.18 Å². The van der Waals surface area contributed by atoms with Crippen LogP contribution < -0.4 is 0 Å². The monoisotopic (exact) mass is 275 g/mol. The molecule has 1 aromatic heterocycles. The van der Waals surface area contributed by atoms with Gasteiger partial charge in [0.2, 0.25) is 0 Å². The molecule has 0 radical (unpaired) electrons. The quantitative estimate of drug-likeness (QED) is 0.740. The van der Waals surface area contributed by atoms with Crippen LogP contribution in [0.25, 0.3) is 0 Å². The van der Waals surface area contributed by atoms with E-state index in [1.54, 1.807) is 20.8 Å². The van der Waals surface area contributed by atoms with Gasteiger partial charge in [-0.05, 0) is 42.8 Å². The van der Waals surface area contributed by atoms with Crippen LogP contribution in [0.15, 0.2) is 16.7 Å². The summed E-state index contributed by atoms with van der Waals surface area (Å²) < 4.78 is 18.7. The van der Waals surface area contributed by atoms with Crippen molar-refractivity contribution in [2.45, 2.75) is 26.4 Å². The number of pyridine rings is 1. The molecule has 0 spiro atoms. The number of nitrogens with zero attached hydrogens (tertiary/aromatic N) is 1. The van der Waals surface area contributed by atoms with E-state index in [1.807, 2.05) is 0 Å². The van der Waals surface area contributed by atoms with Crippen LogP contribution >= 0.6 is 15.9 Å². The van der Waals surface area contributed by atoms with E-state index < -0.39 is 17.4 Å². The smallest absolute Gasteiger partial charge is 0.360 e. The molecule has 0 aliphatic heterocycles. The molecule has 0 aromatic carbocycles. The molecule has 0 N–H and O–H groups in total. The Kier molecular flexibility index (Phi) is 3.44. The molecule has 0 aliphatic rings. The van der Waals surface area contributed by atoms with E-state index in [0.29, 0.717) is 4.47 Å². The lowest BCUT2D eigenvalue weighted by molar-refractivity contribution is 0.00575. The van der Waals surface area contributed by atoms with Gasteiger partial charge in [-0.2, -0.15) is 0 Å². The number of rotatable bonds is 1. The third kappa shape index (κ3) is 3.58. The molecule has 0 aliphatic carbocycles. The van der Waals surface area contributed by atoms with Gasteiger partial charge in [-0.1, -0.05) is 0 Å². The van der Waals surface area contributed by atoms with E-state index in [-0.39, 0.29) is 5.69 Å². The Labute approximate surface area is 95.8 Å². The number of aromatic nitrogens is 1. The van der Waals surface area contributed by atoms with Gasteiger partial charge in [-0.25, -0.2) is 14.2 Å². The topological polar surface area (TPSA) is 39.2 Å². The van der Waals surface area contributed by atoms with Gasteiger partial charge in [0, 0.05) is 10.7 Å². The molecule has 82 valence electrons. The summed E-state index contributed by atoms with van der Waals surface area (Å²) in [6.45, 7) is 5.13. The zero-order chi connectivity index (χ0) is 11.6. The van der Waals surface area contributed by atoms with Crippen LogP contribution in [-0.4, -0.2) is 16.6 Å². The molecule has 0 atom stereocenters. The normalized spacial score (nSPS) is 11.3. The third-order valence-corrected chi connectivity index (χ3v) is 1.83. The number of hydrogen-bond acceptors (Lipinski definition) is 3. The lowest BCUT2D eigenvalue weighted by atomic mass is 10.2. The predicted octanol–water partition coefficient (Wildman–Crippen LogP) is 2.94. The highest BCUT2D eigenvalue weighted by atomic mass is 79.9. The molecule has 0 amide bonds. The summed E-state index contributed by atoms with van der Waals surface area (Å²) in [7, 11) is 0. The molecule has 0 unspecified atom stereocenters. The summed E-state index contributed by atoms with van der Waals surface area (Å²) in [4.78, 5) is 15.1. The van der Waals surface area contributed by atoms with Crippen molar-refractivity contribution in [2.75, 3.05) is 0 Å². The van der Waals surface area contributed by atoms with Crippen LogP contribution in [0.1, 0.15) is 31.3 Å². The van der Waals surface area contributed by atoms with E-state index in [4.69, 9.17) is 4.74 Å². The van der Waals surface area contributed by atoms with E-state index >= 15 is 0 Å². The summed E-state index contributed by atoms with van der Waals surface area (Å²) in [5.74, 6) is -1.45. The van der Waals surface area contributed by atoms with Crippen molar-refractivity contribution in [1.82, 2.24) is 4.98 Å². The second kappa shape index (κ2) is 4.26. The van der Waals surface area contributed by atoms with Gasteiger partial charge in [0.1, 0.15) is 5.60 Å². The Morgan fingerprint density at radius 3 is 2.60 bits per heavy atom. The molecule has 0 fully saturated rings. The number of ether oxygens (including phenoxy) is 1. The molecule has 0 saturated heterocycles. The average Bonchev–Trinajstić information content (AvgIpc) is 1.99. The highest BCUT2D eigenvalue weighted by molar-refractivity contribution is 9.10. The molecule has 1 heterocycles. The number of carbonyl (C=O) groups is 1. The van der Waals surface area contributed by atoms with Crippen LogP contribution in [0.2, 0.25) is 0 Å². The summed E-state index contributed by atoms with van der Waals surface area (Å²) in [6, 6.07) is 1.17. The van der Waals surface area contributed by atoms with Crippen molar-refractivity contribution in [3.8, 4) is 0 Å². The second-order valence-electron chi connectivity index (χ2n) is 3.99. The molecule has 0 bridgehead atoms. The number of esters is 1. The van der Waals surface area contributed by atoms with Crippen molar-refractivity contribution in [2.24, 2.45) is 0 Å². The fraction of sp³-hybridized carbons (Fsp3) is 0.400. The molecule has 5 heteroatoms. The summed E-state index contributed by atoms with van der Waals surface area (Å²) in [5, 5.41) is 0. The van der Waals surface area contributed by atoms with Crippen LogP contribution in [0.5, 0.6) is 0 Å². The first-order valence-corrected chi connectivity index (χ1v) is 5.13. The van der Waals surface area contributed by atoms with Crippen LogP contribution in [0, 0.1) is 5.82 Å². The van der Waals surface area contributed by atoms with Gasteiger partial charge in [0.25, 0.3) is 0 Å². The van der Waals surface area contributed by atoms with Crippen LogP contribution in [0.4, 0.5) is 4.39 Å². The minimum Gasteiger partial charge on any atom is -0.455 e. The molecule has 1 aromatic rings. The van der Waals surface area contributed by atoms with E-state index in [2.05, 4.69) is 20.9 Å². The predicted molar refractivity (Wildman–Crippen MR) is 57.1 cm³/mol. The van der Waals surface area contributed by atoms with Crippen molar-refractivity contribution in [3.63, 3.8) is 0 Å². The van der Waals surface area contributed by atoms with Gasteiger partial charge in [-0.15, -0.1) is 0 Å². The first kappa shape index (κ1) is 12.1. The van der Waals surface area contributed by atoms with Gasteiger partial charge in [0.15, 0.2) is 11.5 Å². The SMILES string of the molecule is CC(C)(C)OC(=O)c1ncc(Br)cc1F. The van der Waals surface area contributed by atoms with Gasteiger partial charge >= 0.3 is 5.97 Å². The fourth-order valence-corrected chi connectivity index (χ4v) is 1.19. The van der Waals surface area contributed by atoms with Gasteiger partial charge in [-0.3, -0.25) is 0 Å². The second-order valence-corrected chi connectivity index (χ2v) is 4.90. The maximum Gasteiger partial charge on any atom is 0.360 e. The number of hydrogen-bond donors (Lipinski definition) is 0. The number of carbonyl (C=O) groups excluding carboxylic acids is 1. The Morgan fingerprint density at radius 1 is 1.53 bits per heavy atom. The molecule has 0 saturated carbocycles. The molecular formula is C10H11BrFNO2. The molecule has 15 heavy (non-hydrogen) atoms. The lowest BCUT2D eigenvalue weighted by Gasteiger charge is -2.19. The zero-order valence-corrected chi connectivity index (χ0v) is 10.3. The summed E-state index contributed by atoms with van der Waals surface area (Å²) in [5.41, 5.74) is -0.953. The lowest BCUT2D eigenvalue weighted by Crippen LogP contribution is -2.25. The van der Waals surface area contributed by atoms with Crippen molar-refractivity contribution in [3.05, 3.63) is 28.2 Å². The molecule has 1 rings (SSSR count). The van der Waals surface area contributed by atoms with Crippen molar-refractivity contribution >= 4 is 21.9 Å².